The lowest BCUT2D eigenvalue weighted by Crippen LogP contribution is -2.17. The summed E-state index contributed by atoms with van der Waals surface area (Å²) in [6, 6.07) is 12.2. The number of nitrogens with zero attached hydrogens (tertiary/aromatic N) is 2. The topological polar surface area (TPSA) is 36.4 Å². The number of hydrogen-bond donors (Lipinski definition) is 1. The van der Waals surface area contributed by atoms with Gasteiger partial charge in [-0.1, -0.05) is 18.2 Å². The highest BCUT2D eigenvalue weighted by Crippen LogP contribution is 2.27. The molecule has 0 fully saturated rings. The van der Waals surface area contributed by atoms with E-state index < -0.39 is 0 Å². The van der Waals surface area contributed by atoms with E-state index in [-0.39, 0.29) is 6.61 Å². The summed E-state index contributed by atoms with van der Waals surface area (Å²) in [5.41, 5.74) is 4.18. The summed E-state index contributed by atoms with van der Waals surface area (Å²) in [6.45, 7) is 5.07. The summed E-state index contributed by atoms with van der Waals surface area (Å²) < 4.78 is 0. The van der Waals surface area contributed by atoms with Crippen molar-refractivity contribution in [2.24, 2.45) is 0 Å². The molecule has 1 heterocycles. The normalized spacial score (nSPS) is 10.4. The van der Waals surface area contributed by atoms with E-state index >= 15 is 0 Å². The molecular weight excluding hydrogens is 224 g/mol. The zero-order chi connectivity index (χ0) is 13.0. The molecule has 0 unspecified atom stereocenters. The largest absolute Gasteiger partial charge is 0.390 e. The Morgan fingerprint density at radius 3 is 2.67 bits per heavy atom. The van der Waals surface area contributed by atoms with Gasteiger partial charge in [-0.15, -0.1) is 0 Å². The minimum Gasteiger partial charge on any atom is -0.390 e. The van der Waals surface area contributed by atoms with E-state index in [0.29, 0.717) is 5.69 Å². The molecule has 3 heteroatoms. The van der Waals surface area contributed by atoms with Crippen LogP contribution < -0.4 is 4.90 Å². The maximum Gasteiger partial charge on any atom is 0.0853 e. The first-order chi connectivity index (χ1) is 8.76. The SMILES string of the molecule is CCN(c1ccnc(CO)c1)c1ccccc1C. The molecule has 0 aliphatic carbocycles. The zero-order valence-corrected chi connectivity index (χ0v) is 10.8. The average Bonchev–Trinajstić information content (AvgIpc) is 2.42. The summed E-state index contributed by atoms with van der Waals surface area (Å²) >= 11 is 0. The van der Waals surface area contributed by atoms with Crippen LogP contribution in [-0.2, 0) is 6.61 Å². The molecule has 1 aromatic heterocycles. The van der Waals surface area contributed by atoms with Crippen molar-refractivity contribution in [1.29, 1.82) is 0 Å². The molecule has 0 spiro atoms. The van der Waals surface area contributed by atoms with Gasteiger partial charge < -0.3 is 10.0 Å². The number of para-hydroxylation sites is 1. The Balaban J connectivity index is 2.42. The van der Waals surface area contributed by atoms with Gasteiger partial charge in [-0.05, 0) is 37.6 Å². The highest BCUT2D eigenvalue weighted by Gasteiger charge is 2.09. The third-order valence-electron chi connectivity index (χ3n) is 3.00. The van der Waals surface area contributed by atoms with Crippen LogP contribution in [0.25, 0.3) is 0 Å². The van der Waals surface area contributed by atoms with E-state index in [0.717, 1.165) is 12.2 Å². The number of aryl methyl sites for hydroxylation is 1. The second kappa shape index (κ2) is 5.65. The average molecular weight is 242 g/mol. The predicted octanol–water partition coefficient (Wildman–Crippen LogP) is 3.04. The third kappa shape index (κ3) is 2.51. The minimum atomic E-state index is -0.0286. The van der Waals surface area contributed by atoms with Crippen LogP contribution in [0.3, 0.4) is 0 Å². The molecule has 0 bridgehead atoms. The molecule has 1 N–H and O–H groups in total. The maximum atomic E-state index is 9.16. The van der Waals surface area contributed by atoms with Gasteiger partial charge in [-0.25, -0.2) is 0 Å². The van der Waals surface area contributed by atoms with Crippen LogP contribution in [0.4, 0.5) is 11.4 Å². The molecule has 94 valence electrons. The molecule has 0 atom stereocenters. The second-order valence-electron chi connectivity index (χ2n) is 4.19. The fourth-order valence-electron chi connectivity index (χ4n) is 2.08. The third-order valence-corrected chi connectivity index (χ3v) is 3.00. The van der Waals surface area contributed by atoms with Crippen molar-refractivity contribution in [3.05, 3.63) is 53.9 Å². The van der Waals surface area contributed by atoms with Crippen molar-refractivity contribution >= 4 is 11.4 Å². The minimum absolute atomic E-state index is 0.0286. The van der Waals surface area contributed by atoms with Crippen molar-refractivity contribution in [3.63, 3.8) is 0 Å². The molecule has 0 aliphatic heterocycles. The quantitative estimate of drug-likeness (QED) is 0.895. The number of hydrogen-bond acceptors (Lipinski definition) is 3. The smallest absolute Gasteiger partial charge is 0.0853 e. The molecule has 0 aliphatic rings. The monoisotopic (exact) mass is 242 g/mol. The van der Waals surface area contributed by atoms with Crippen LogP contribution in [-0.4, -0.2) is 16.6 Å². The van der Waals surface area contributed by atoms with Gasteiger partial charge in [-0.2, -0.15) is 0 Å². The first-order valence-corrected chi connectivity index (χ1v) is 6.15. The van der Waals surface area contributed by atoms with Crippen molar-refractivity contribution in [1.82, 2.24) is 4.98 Å². The fourth-order valence-corrected chi connectivity index (χ4v) is 2.08. The van der Waals surface area contributed by atoms with E-state index in [4.69, 9.17) is 5.11 Å². The molecule has 1 aromatic carbocycles. The van der Waals surface area contributed by atoms with E-state index in [1.165, 1.54) is 11.3 Å². The van der Waals surface area contributed by atoms with Crippen LogP contribution in [0.1, 0.15) is 18.2 Å². The number of aliphatic hydroxyl groups is 1. The fraction of sp³-hybridized carbons (Fsp3) is 0.267. The number of pyridine rings is 1. The van der Waals surface area contributed by atoms with Crippen molar-refractivity contribution < 1.29 is 5.11 Å². The van der Waals surface area contributed by atoms with Crippen LogP contribution in [0.15, 0.2) is 42.6 Å². The highest BCUT2D eigenvalue weighted by molar-refractivity contribution is 5.66. The lowest BCUT2D eigenvalue weighted by Gasteiger charge is -2.25. The van der Waals surface area contributed by atoms with Gasteiger partial charge in [0, 0.05) is 24.1 Å². The molecule has 0 saturated carbocycles. The van der Waals surface area contributed by atoms with Gasteiger partial charge in [0.05, 0.1) is 12.3 Å². The second-order valence-corrected chi connectivity index (χ2v) is 4.19. The Kier molecular flexibility index (Phi) is 3.95. The number of aliphatic hydroxyl groups excluding tert-OH is 1. The first-order valence-electron chi connectivity index (χ1n) is 6.15. The van der Waals surface area contributed by atoms with Gasteiger partial charge in [0.25, 0.3) is 0 Å². The molecule has 0 amide bonds. The molecular formula is C15H18N2O. The van der Waals surface area contributed by atoms with Crippen LogP contribution in [0.5, 0.6) is 0 Å². The summed E-state index contributed by atoms with van der Waals surface area (Å²) in [6.07, 6.45) is 1.74. The Labute approximate surface area is 108 Å². The van der Waals surface area contributed by atoms with E-state index in [1.807, 2.05) is 24.3 Å². The summed E-state index contributed by atoms with van der Waals surface area (Å²) in [4.78, 5) is 6.33. The Morgan fingerprint density at radius 2 is 2.00 bits per heavy atom. The van der Waals surface area contributed by atoms with Crippen LogP contribution in [0, 0.1) is 6.92 Å². The van der Waals surface area contributed by atoms with Gasteiger partial charge >= 0.3 is 0 Å². The van der Waals surface area contributed by atoms with E-state index in [1.54, 1.807) is 6.20 Å². The molecule has 3 nitrogen and oxygen atoms in total. The summed E-state index contributed by atoms with van der Waals surface area (Å²) in [5.74, 6) is 0. The van der Waals surface area contributed by atoms with Crippen LogP contribution >= 0.6 is 0 Å². The standard InChI is InChI=1S/C15H18N2O/c1-3-17(15-7-5-4-6-12(15)2)14-8-9-16-13(10-14)11-18/h4-10,18H,3,11H2,1-2H3. The molecule has 2 rings (SSSR count). The summed E-state index contributed by atoms with van der Waals surface area (Å²) in [5, 5.41) is 9.16. The summed E-state index contributed by atoms with van der Waals surface area (Å²) in [7, 11) is 0. The lowest BCUT2D eigenvalue weighted by atomic mass is 10.1. The van der Waals surface area contributed by atoms with Crippen molar-refractivity contribution in [2.75, 3.05) is 11.4 Å². The Hall–Kier alpha value is -1.87. The van der Waals surface area contributed by atoms with E-state index in [2.05, 4.69) is 35.9 Å². The van der Waals surface area contributed by atoms with Gasteiger partial charge in [0.1, 0.15) is 0 Å². The zero-order valence-electron chi connectivity index (χ0n) is 10.8. The van der Waals surface area contributed by atoms with Crippen molar-refractivity contribution in [2.45, 2.75) is 20.5 Å². The number of benzene rings is 1. The van der Waals surface area contributed by atoms with Crippen molar-refractivity contribution in [3.8, 4) is 0 Å². The maximum absolute atomic E-state index is 9.16. The first kappa shape index (κ1) is 12.6. The Bertz CT molecular complexity index is 525. The van der Waals surface area contributed by atoms with Gasteiger partial charge in [0.15, 0.2) is 0 Å². The number of rotatable bonds is 4. The van der Waals surface area contributed by atoms with Gasteiger partial charge in [0.2, 0.25) is 0 Å². The number of anilines is 2. The molecule has 2 aromatic rings. The van der Waals surface area contributed by atoms with E-state index in [9.17, 15) is 0 Å². The highest BCUT2D eigenvalue weighted by atomic mass is 16.3. The van der Waals surface area contributed by atoms with Crippen LogP contribution in [0.2, 0.25) is 0 Å². The number of aromatic nitrogens is 1. The Morgan fingerprint density at radius 1 is 1.22 bits per heavy atom. The van der Waals surface area contributed by atoms with Gasteiger partial charge in [-0.3, -0.25) is 4.98 Å². The predicted molar refractivity (Wildman–Crippen MR) is 74.0 cm³/mol. The molecule has 0 radical (unpaired) electrons. The lowest BCUT2D eigenvalue weighted by molar-refractivity contribution is 0.277. The molecule has 0 saturated heterocycles. The molecule has 18 heavy (non-hydrogen) atoms.